The van der Waals surface area contributed by atoms with E-state index in [-0.39, 0.29) is 16.9 Å². The normalized spacial score (nSPS) is 10.8. The third-order valence-electron chi connectivity index (χ3n) is 3.70. The van der Waals surface area contributed by atoms with Crippen molar-refractivity contribution in [1.82, 2.24) is 14.3 Å². The molecule has 0 fully saturated rings. The molecule has 0 aliphatic carbocycles. The quantitative estimate of drug-likeness (QED) is 0.607. The molecule has 2 aromatic heterocycles. The predicted octanol–water partition coefficient (Wildman–Crippen LogP) is 4.13. The molecule has 0 bridgehead atoms. The van der Waals surface area contributed by atoms with E-state index in [1.807, 2.05) is 13.8 Å². The maximum Gasteiger partial charge on any atom is 0.341 e. The second kappa shape index (κ2) is 7.46. The summed E-state index contributed by atoms with van der Waals surface area (Å²) in [4.78, 5) is 21.6. The van der Waals surface area contributed by atoms with Gasteiger partial charge in [-0.1, -0.05) is 6.92 Å². The van der Waals surface area contributed by atoms with E-state index in [4.69, 9.17) is 4.74 Å². The number of aryl methyl sites for hydroxylation is 2. The van der Waals surface area contributed by atoms with Crippen LogP contribution in [0.1, 0.15) is 28.0 Å². The molecule has 0 saturated carbocycles. The zero-order chi connectivity index (χ0) is 18.8. The van der Waals surface area contributed by atoms with E-state index in [2.05, 4.69) is 19.1 Å². The van der Waals surface area contributed by atoms with Crippen LogP contribution in [0.25, 0.3) is 21.3 Å². The highest BCUT2D eigenvalue weighted by Gasteiger charge is 2.21. The maximum atomic E-state index is 14.6. The fourth-order valence-electron chi connectivity index (χ4n) is 2.39. The van der Waals surface area contributed by atoms with E-state index in [9.17, 15) is 9.18 Å². The number of halogens is 1. The number of thiazole rings is 1. The summed E-state index contributed by atoms with van der Waals surface area (Å²) in [5, 5.41) is 1.40. The number of rotatable bonds is 5. The van der Waals surface area contributed by atoms with E-state index < -0.39 is 11.8 Å². The molecular formula is C17H16FN3O3S2. The zero-order valence-corrected chi connectivity index (χ0v) is 16.3. The molecule has 3 aromatic rings. The first-order chi connectivity index (χ1) is 12.5. The minimum atomic E-state index is -0.669. The molecule has 0 radical (unpaired) electrons. The maximum absolute atomic E-state index is 14.6. The number of esters is 1. The number of aromatic nitrogens is 3. The van der Waals surface area contributed by atoms with Gasteiger partial charge in [-0.25, -0.2) is 19.2 Å². The Morgan fingerprint density at radius 1 is 1.27 bits per heavy atom. The van der Waals surface area contributed by atoms with Crippen molar-refractivity contribution in [1.29, 1.82) is 0 Å². The SMILES string of the molecule is CCc1nc(C)c(-c2nsc(-c3cc(OC)c(C(=O)OC)cc3F)n2)s1. The van der Waals surface area contributed by atoms with Crippen molar-refractivity contribution < 1.29 is 18.7 Å². The Balaban J connectivity index is 2.04. The average Bonchev–Trinajstić information content (AvgIpc) is 3.27. The van der Waals surface area contributed by atoms with Gasteiger partial charge in [0.25, 0.3) is 0 Å². The molecule has 3 rings (SSSR count). The molecule has 0 amide bonds. The number of nitrogens with zero attached hydrogens (tertiary/aromatic N) is 3. The molecular weight excluding hydrogens is 377 g/mol. The molecule has 9 heteroatoms. The van der Waals surface area contributed by atoms with Crippen LogP contribution in [0, 0.1) is 12.7 Å². The molecule has 0 N–H and O–H groups in total. The summed E-state index contributed by atoms with van der Waals surface area (Å²) in [6, 6.07) is 2.52. The van der Waals surface area contributed by atoms with Crippen LogP contribution in [0.5, 0.6) is 5.75 Å². The largest absolute Gasteiger partial charge is 0.496 e. The highest BCUT2D eigenvalue weighted by atomic mass is 32.1. The third kappa shape index (κ3) is 3.32. The van der Waals surface area contributed by atoms with Crippen molar-refractivity contribution in [2.75, 3.05) is 14.2 Å². The Bertz CT molecular complexity index is 968. The summed E-state index contributed by atoms with van der Waals surface area (Å²) in [5.74, 6) is -0.524. The highest BCUT2D eigenvalue weighted by Crippen LogP contribution is 2.35. The second-order valence-corrected chi connectivity index (χ2v) is 7.16. The monoisotopic (exact) mass is 393 g/mol. The van der Waals surface area contributed by atoms with E-state index in [1.165, 1.54) is 31.6 Å². The van der Waals surface area contributed by atoms with Crippen LogP contribution < -0.4 is 4.74 Å². The lowest BCUT2D eigenvalue weighted by Crippen LogP contribution is -2.05. The van der Waals surface area contributed by atoms with Crippen molar-refractivity contribution in [2.45, 2.75) is 20.3 Å². The lowest BCUT2D eigenvalue weighted by Gasteiger charge is -2.09. The first-order valence-corrected chi connectivity index (χ1v) is 9.34. The van der Waals surface area contributed by atoms with Gasteiger partial charge in [0.1, 0.15) is 22.1 Å². The van der Waals surface area contributed by atoms with Crippen LogP contribution in [0.4, 0.5) is 4.39 Å². The molecule has 0 unspecified atom stereocenters. The lowest BCUT2D eigenvalue weighted by atomic mass is 10.1. The Morgan fingerprint density at radius 2 is 2.04 bits per heavy atom. The Morgan fingerprint density at radius 3 is 2.65 bits per heavy atom. The van der Waals surface area contributed by atoms with E-state index >= 15 is 0 Å². The van der Waals surface area contributed by atoms with Gasteiger partial charge in [0.2, 0.25) is 0 Å². The van der Waals surface area contributed by atoms with Crippen LogP contribution in [-0.2, 0) is 11.2 Å². The molecule has 0 spiro atoms. The van der Waals surface area contributed by atoms with Crippen molar-refractivity contribution in [3.8, 4) is 27.0 Å². The molecule has 0 aliphatic rings. The van der Waals surface area contributed by atoms with Crippen LogP contribution in [0.15, 0.2) is 12.1 Å². The van der Waals surface area contributed by atoms with Gasteiger partial charge in [-0.3, -0.25) is 0 Å². The highest BCUT2D eigenvalue weighted by molar-refractivity contribution is 7.15. The molecule has 0 saturated heterocycles. The number of carbonyl (C=O) groups excluding carboxylic acids is 1. The van der Waals surface area contributed by atoms with E-state index in [0.717, 1.165) is 39.6 Å². The Kier molecular flexibility index (Phi) is 5.28. The first kappa shape index (κ1) is 18.4. The standard InChI is InChI=1S/C17H16FN3O3S2/c1-5-13-19-8(2)14(25-13)15-20-16(26-21-15)9-7-12(23-3)10(6-11(9)18)17(22)24-4/h6-7H,5H2,1-4H3. The van der Waals surface area contributed by atoms with Crippen molar-refractivity contribution in [3.63, 3.8) is 0 Å². The fourth-order valence-corrected chi connectivity index (χ4v) is 4.08. The molecule has 0 aliphatic heterocycles. The van der Waals surface area contributed by atoms with Gasteiger partial charge in [-0.15, -0.1) is 11.3 Å². The number of methoxy groups -OCH3 is 2. The van der Waals surface area contributed by atoms with Gasteiger partial charge in [0.15, 0.2) is 5.82 Å². The summed E-state index contributed by atoms with van der Waals surface area (Å²) >= 11 is 2.62. The molecule has 1 aromatic carbocycles. The predicted molar refractivity (Wildman–Crippen MR) is 98.4 cm³/mol. The minimum absolute atomic E-state index is 0.0203. The molecule has 6 nitrogen and oxygen atoms in total. The summed E-state index contributed by atoms with van der Waals surface area (Å²) in [5.41, 5.74) is 1.10. The van der Waals surface area contributed by atoms with Crippen molar-refractivity contribution in [3.05, 3.63) is 34.2 Å². The third-order valence-corrected chi connectivity index (χ3v) is 5.74. The van der Waals surface area contributed by atoms with Gasteiger partial charge in [-0.2, -0.15) is 4.37 Å². The van der Waals surface area contributed by atoms with Gasteiger partial charge in [-0.05, 0) is 37.0 Å². The van der Waals surface area contributed by atoms with Crippen LogP contribution >= 0.6 is 22.9 Å². The van der Waals surface area contributed by atoms with Crippen LogP contribution in [0.2, 0.25) is 0 Å². The van der Waals surface area contributed by atoms with Crippen molar-refractivity contribution in [2.24, 2.45) is 0 Å². The minimum Gasteiger partial charge on any atom is -0.496 e. The summed E-state index contributed by atoms with van der Waals surface area (Å²) < 4.78 is 28.8. The van der Waals surface area contributed by atoms with Gasteiger partial charge in [0, 0.05) is 0 Å². The first-order valence-electron chi connectivity index (χ1n) is 7.75. The summed E-state index contributed by atoms with van der Waals surface area (Å²) in [7, 11) is 2.63. The van der Waals surface area contributed by atoms with E-state index in [1.54, 1.807) is 0 Å². The van der Waals surface area contributed by atoms with Gasteiger partial charge < -0.3 is 9.47 Å². The average molecular weight is 393 g/mol. The number of carbonyl (C=O) groups is 1. The molecule has 0 atom stereocenters. The zero-order valence-electron chi connectivity index (χ0n) is 14.6. The summed E-state index contributed by atoms with van der Waals surface area (Å²) in [6.45, 7) is 3.94. The molecule has 136 valence electrons. The van der Waals surface area contributed by atoms with E-state index in [0.29, 0.717) is 10.8 Å². The van der Waals surface area contributed by atoms with Gasteiger partial charge in [0.05, 0.1) is 35.4 Å². The topological polar surface area (TPSA) is 74.2 Å². The van der Waals surface area contributed by atoms with Crippen LogP contribution in [-0.4, -0.2) is 34.5 Å². The number of benzene rings is 1. The summed E-state index contributed by atoms with van der Waals surface area (Å²) in [6.07, 6.45) is 0.837. The number of hydrogen-bond acceptors (Lipinski definition) is 8. The number of hydrogen-bond donors (Lipinski definition) is 0. The van der Waals surface area contributed by atoms with Crippen LogP contribution in [0.3, 0.4) is 0 Å². The second-order valence-electron chi connectivity index (χ2n) is 5.32. The smallest absolute Gasteiger partial charge is 0.341 e. The molecule has 2 heterocycles. The van der Waals surface area contributed by atoms with Gasteiger partial charge >= 0.3 is 5.97 Å². The Labute approximate surface area is 157 Å². The fraction of sp³-hybridized carbons (Fsp3) is 0.294. The Hall–Kier alpha value is -2.39. The van der Waals surface area contributed by atoms with Crippen molar-refractivity contribution >= 4 is 28.8 Å². The number of ether oxygens (including phenoxy) is 2. The molecule has 26 heavy (non-hydrogen) atoms. The lowest BCUT2D eigenvalue weighted by molar-refractivity contribution is 0.0596.